The van der Waals surface area contributed by atoms with Crippen molar-refractivity contribution >= 4 is 22.5 Å². The molecule has 0 radical (unpaired) electrons. The van der Waals surface area contributed by atoms with E-state index in [0.717, 1.165) is 23.3 Å². The maximum absolute atomic E-state index is 6.30. The topological polar surface area (TPSA) is 30.9 Å². The highest BCUT2D eigenvalue weighted by atomic mass is 35.5. The van der Waals surface area contributed by atoms with E-state index in [1.807, 2.05) is 13.2 Å². The van der Waals surface area contributed by atoms with Crippen LogP contribution < -0.4 is 5.73 Å². The fraction of sp³-hybridized carbons (Fsp3) is 0.429. The van der Waals surface area contributed by atoms with Crippen molar-refractivity contribution in [1.29, 1.82) is 0 Å². The summed E-state index contributed by atoms with van der Waals surface area (Å²) in [5.74, 6) is 0. The average molecular weight is 249 g/mol. The van der Waals surface area contributed by atoms with E-state index in [0.29, 0.717) is 0 Å². The first-order valence-corrected chi connectivity index (χ1v) is 6.48. The van der Waals surface area contributed by atoms with Gasteiger partial charge in [-0.1, -0.05) is 11.6 Å². The van der Waals surface area contributed by atoms with Crippen LogP contribution in [0.25, 0.3) is 10.9 Å². The highest BCUT2D eigenvalue weighted by Crippen LogP contribution is 2.37. The van der Waals surface area contributed by atoms with Gasteiger partial charge in [-0.15, -0.1) is 0 Å². The molecule has 0 unspecified atom stereocenters. The Hall–Kier alpha value is -0.990. The maximum atomic E-state index is 6.30. The molecule has 0 amide bonds. The number of rotatable bonds is 3. The predicted octanol–water partition coefficient (Wildman–Crippen LogP) is 3.26. The van der Waals surface area contributed by atoms with E-state index in [1.54, 1.807) is 0 Å². The van der Waals surface area contributed by atoms with Crippen molar-refractivity contribution in [3.63, 3.8) is 0 Å². The fourth-order valence-corrected chi connectivity index (χ4v) is 2.63. The maximum Gasteiger partial charge on any atom is 0.0502 e. The van der Waals surface area contributed by atoms with Crippen LogP contribution in [0.2, 0.25) is 5.02 Å². The lowest BCUT2D eigenvalue weighted by Crippen LogP contribution is -2.22. The van der Waals surface area contributed by atoms with Gasteiger partial charge in [-0.05, 0) is 49.4 Å². The van der Waals surface area contributed by atoms with Crippen LogP contribution in [0.3, 0.4) is 0 Å². The molecule has 1 aromatic carbocycles. The lowest BCUT2D eigenvalue weighted by atomic mass is 10.0. The van der Waals surface area contributed by atoms with Crippen molar-refractivity contribution < 1.29 is 0 Å². The van der Waals surface area contributed by atoms with Crippen LogP contribution >= 0.6 is 11.6 Å². The van der Waals surface area contributed by atoms with Crippen LogP contribution in [0.5, 0.6) is 0 Å². The summed E-state index contributed by atoms with van der Waals surface area (Å²) < 4.78 is 2.11. The monoisotopic (exact) mass is 248 g/mol. The molecule has 3 rings (SSSR count). The van der Waals surface area contributed by atoms with Crippen molar-refractivity contribution in [3.05, 3.63) is 35.0 Å². The van der Waals surface area contributed by atoms with Gasteiger partial charge >= 0.3 is 0 Å². The first-order chi connectivity index (χ1) is 8.07. The molecule has 2 N–H and O–H groups in total. The van der Waals surface area contributed by atoms with Gasteiger partial charge in [-0.3, -0.25) is 0 Å². The third kappa shape index (κ3) is 2.07. The molecule has 0 saturated heterocycles. The summed E-state index contributed by atoms with van der Waals surface area (Å²) in [5, 5.41) is 1.98. The van der Waals surface area contributed by atoms with E-state index in [1.165, 1.54) is 23.9 Å². The normalized spacial score (nSPS) is 17.6. The molecule has 0 atom stereocenters. The summed E-state index contributed by atoms with van der Waals surface area (Å²) in [6.45, 7) is 0. The Balaban J connectivity index is 1.91. The Morgan fingerprint density at radius 1 is 1.41 bits per heavy atom. The first-order valence-electron chi connectivity index (χ1n) is 6.10. The standard InChI is InChI=1S/C14H17ClN2/c1-17-7-3-11-12(15)8-10(9-13(11)17)2-4-14(16)5-6-14/h3,7-9H,2,4-6,16H2,1H3. The Morgan fingerprint density at radius 3 is 2.88 bits per heavy atom. The summed E-state index contributed by atoms with van der Waals surface area (Å²) in [6.07, 6.45) is 6.49. The predicted molar refractivity (Wildman–Crippen MR) is 72.4 cm³/mol. The molecule has 3 heteroatoms. The zero-order valence-electron chi connectivity index (χ0n) is 10.0. The number of halogens is 1. The summed E-state index contributed by atoms with van der Waals surface area (Å²) >= 11 is 6.30. The molecule has 0 bridgehead atoms. The second-order valence-corrected chi connectivity index (χ2v) is 5.71. The molecule has 2 aromatic rings. The minimum absolute atomic E-state index is 0.121. The zero-order valence-corrected chi connectivity index (χ0v) is 10.8. The second-order valence-electron chi connectivity index (χ2n) is 5.30. The average Bonchev–Trinajstić information content (AvgIpc) is 2.91. The summed E-state index contributed by atoms with van der Waals surface area (Å²) in [7, 11) is 2.05. The van der Waals surface area contributed by atoms with E-state index in [2.05, 4.69) is 22.8 Å². The van der Waals surface area contributed by atoms with Gasteiger partial charge in [0, 0.05) is 29.7 Å². The third-order valence-corrected chi connectivity index (χ3v) is 4.13. The number of nitrogens with zero attached hydrogens (tertiary/aromatic N) is 1. The number of aromatic nitrogens is 1. The van der Waals surface area contributed by atoms with Gasteiger partial charge in [0.1, 0.15) is 0 Å². The van der Waals surface area contributed by atoms with E-state index < -0.39 is 0 Å². The number of nitrogens with two attached hydrogens (primary N) is 1. The van der Waals surface area contributed by atoms with Crippen molar-refractivity contribution in [3.8, 4) is 0 Å². The van der Waals surface area contributed by atoms with Crippen LogP contribution in [0.15, 0.2) is 24.4 Å². The molecule has 1 aliphatic carbocycles. The largest absolute Gasteiger partial charge is 0.350 e. The lowest BCUT2D eigenvalue weighted by Gasteiger charge is -2.09. The quantitative estimate of drug-likeness (QED) is 0.888. The molecule has 1 saturated carbocycles. The third-order valence-electron chi connectivity index (χ3n) is 3.82. The highest BCUT2D eigenvalue weighted by molar-refractivity contribution is 6.35. The Bertz CT molecular complexity index is 567. The molecule has 17 heavy (non-hydrogen) atoms. The van der Waals surface area contributed by atoms with Gasteiger partial charge in [0.05, 0.1) is 5.02 Å². The summed E-state index contributed by atoms with van der Waals surface area (Å²) in [4.78, 5) is 0. The van der Waals surface area contributed by atoms with Gasteiger partial charge in [-0.25, -0.2) is 0 Å². The number of benzene rings is 1. The van der Waals surface area contributed by atoms with Gasteiger partial charge in [0.2, 0.25) is 0 Å². The molecule has 1 heterocycles. The number of fused-ring (bicyclic) bond motifs is 1. The van der Waals surface area contributed by atoms with Gasteiger partial charge in [0.15, 0.2) is 0 Å². The molecule has 1 aliphatic rings. The number of aryl methyl sites for hydroxylation is 2. The molecular formula is C14H17ClN2. The summed E-state index contributed by atoms with van der Waals surface area (Å²) in [5.41, 5.74) is 8.73. The SMILES string of the molecule is Cn1ccc2c(Cl)cc(CCC3(N)CC3)cc21. The van der Waals surface area contributed by atoms with Crippen LogP contribution in [0, 0.1) is 0 Å². The Kier molecular flexibility index (Phi) is 2.46. The molecule has 2 nitrogen and oxygen atoms in total. The number of hydrogen-bond acceptors (Lipinski definition) is 1. The molecular weight excluding hydrogens is 232 g/mol. The van der Waals surface area contributed by atoms with Gasteiger partial charge in [-0.2, -0.15) is 0 Å². The molecule has 0 spiro atoms. The summed E-state index contributed by atoms with van der Waals surface area (Å²) in [6, 6.07) is 6.37. The lowest BCUT2D eigenvalue weighted by molar-refractivity contribution is 0.609. The van der Waals surface area contributed by atoms with Crippen LogP contribution in [0.4, 0.5) is 0 Å². The second kappa shape index (κ2) is 3.76. The minimum atomic E-state index is 0.121. The van der Waals surface area contributed by atoms with Crippen molar-refractivity contribution in [2.75, 3.05) is 0 Å². The molecule has 1 fully saturated rings. The minimum Gasteiger partial charge on any atom is -0.350 e. The molecule has 90 valence electrons. The smallest absolute Gasteiger partial charge is 0.0502 e. The zero-order chi connectivity index (χ0) is 12.0. The first kappa shape index (κ1) is 11.1. The fourth-order valence-electron chi connectivity index (χ4n) is 2.33. The molecule has 1 aromatic heterocycles. The number of hydrogen-bond donors (Lipinski definition) is 1. The van der Waals surface area contributed by atoms with Crippen molar-refractivity contribution in [2.45, 2.75) is 31.2 Å². The van der Waals surface area contributed by atoms with E-state index >= 15 is 0 Å². The van der Waals surface area contributed by atoms with Crippen LogP contribution in [-0.4, -0.2) is 10.1 Å². The van der Waals surface area contributed by atoms with Gasteiger partial charge < -0.3 is 10.3 Å². The van der Waals surface area contributed by atoms with Crippen LogP contribution in [0.1, 0.15) is 24.8 Å². The Morgan fingerprint density at radius 2 is 2.18 bits per heavy atom. The van der Waals surface area contributed by atoms with E-state index in [-0.39, 0.29) is 5.54 Å². The van der Waals surface area contributed by atoms with Crippen molar-refractivity contribution in [2.24, 2.45) is 12.8 Å². The van der Waals surface area contributed by atoms with E-state index in [4.69, 9.17) is 17.3 Å². The highest BCUT2D eigenvalue weighted by Gasteiger charge is 2.37. The Labute approximate surface area is 106 Å². The van der Waals surface area contributed by atoms with E-state index in [9.17, 15) is 0 Å². The van der Waals surface area contributed by atoms with Crippen molar-refractivity contribution in [1.82, 2.24) is 4.57 Å². The van der Waals surface area contributed by atoms with Crippen LogP contribution in [-0.2, 0) is 13.5 Å². The van der Waals surface area contributed by atoms with Gasteiger partial charge in [0.25, 0.3) is 0 Å². The molecule has 0 aliphatic heterocycles.